The van der Waals surface area contributed by atoms with E-state index in [0.29, 0.717) is 12.1 Å². The Hall–Kier alpha value is -0.860. The molecule has 2 heteroatoms. The quantitative estimate of drug-likeness (QED) is 0.767. The second-order valence-corrected chi connectivity index (χ2v) is 4.26. The van der Waals surface area contributed by atoms with Crippen LogP contribution in [0.5, 0.6) is 0 Å². The summed E-state index contributed by atoms with van der Waals surface area (Å²) in [7, 11) is 0. The number of nitrogens with zero attached hydrogens (tertiary/aromatic N) is 1. The van der Waals surface area contributed by atoms with Gasteiger partial charge in [0.25, 0.3) is 0 Å². The van der Waals surface area contributed by atoms with Crippen molar-refractivity contribution < 1.29 is 0 Å². The predicted molar refractivity (Wildman–Crippen MR) is 58.9 cm³/mol. The van der Waals surface area contributed by atoms with Crippen molar-refractivity contribution >= 4 is 0 Å². The molecule has 14 heavy (non-hydrogen) atoms. The van der Waals surface area contributed by atoms with Crippen molar-refractivity contribution in [3.8, 4) is 0 Å². The zero-order valence-corrected chi connectivity index (χ0v) is 8.69. The topological polar surface area (TPSA) is 29.3 Å². The van der Waals surface area contributed by atoms with Crippen LogP contribution < -0.4 is 5.73 Å². The number of hydrogen-bond donors (Lipinski definition) is 1. The lowest BCUT2D eigenvalue weighted by atomic mass is 10.2. The molecule has 0 spiro atoms. The molecule has 2 nitrogen and oxygen atoms in total. The second kappa shape index (κ2) is 4.11. The molecule has 0 bridgehead atoms. The van der Waals surface area contributed by atoms with E-state index in [4.69, 9.17) is 5.73 Å². The van der Waals surface area contributed by atoms with E-state index in [2.05, 4.69) is 42.2 Å². The fourth-order valence-corrected chi connectivity index (χ4v) is 2.18. The molecule has 0 saturated carbocycles. The van der Waals surface area contributed by atoms with E-state index >= 15 is 0 Å². The van der Waals surface area contributed by atoms with Crippen LogP contribution in [0.15, 0.2) is 30.3 Å². The van der Waals surface area contributed by atoms with E-state index in [9.17, 15) is 0 Å². The molecule has 2 atom stereocenters. The highest BCUT2D eigenvalue weighted by Crippen LogP contribution is 2.18. The molecule has 2 rings (SSSR count). The van der Waals surface area contributed by atoms with Crippen molar-refractivity contribution in [1.82, 2.24) is 4.90 Å². The lowest BCUT2D eigenvalue weighted by molar-refractivity contribution is 0.259. The van der Waals surface area contributed by atoms with Gasteiger partial charge in [-0.05, 0) is 18.9 Å². The molecule has 1 heterocycles. The molecule has 0 aliphatic carbocycles. The molecule has 2 N–H and O–H groups in total. The van der Waals surface area contributed by atoms with Gasteiger partial charge in [-0.1, -0.05) is 30.3 Å². The fourth-order valence-electron chi connectivity index (χ4n) is 2.18. The highest BCUT2D eigenvalue weighted by molar-refractivity contribution is 5.14. The molecule has 0 radical (unpaired) electrons. The summed E-state index contributed by atoms with van der Waals surface area (Å²) >= 11 is 0. The maximum Gasteiger partial charge on any atom is 0.0237 e. The first-order valence-electron chi connectivity index (χ1n) is 5.29. The minimum atomic E-state index is 0.369. The molecular weight excluding hydrogens is 172 g/mol. The van der Waals surface area contributed by atoms with Gasteiger partial charge in [-0.3, -0.25) is 4.90 Å². The third-order valence-electron chi connectivity index (χ3n) is 2.96. The van der Waals surface area contributed by atoms with E-state index in [1.165, 1.54) is 5.56 Å². The zero-order valence-electron chi connectivity index (χ0n) is 8.69. The van der Waals surface area contributed by atoms with Gasteiger partial charge in [0.2, 0.25) is 0 Å². The molecule has 1 aromatic rings. The van der Waals surface area contributed by atoms with E-state index in [0.717, 1.165) is 19.5 Å². The third-order valence-corrected chi connectivity index (χ3v) is 2.96. The van der Waals surface area contributed by atoms with E-state index in [1.54, 1.807) is 0 Å². The highest BCUT2D eigenvalue weighted by Gasteiger charge is 2.25. The number of rotatable bonds is 2. The van der Waals surface area contributed by atoms with Gasteiger partial charge in [-0.25, -0.2) is 0 Å². The first-order valence-corrected chi connectivity index (χ1v) is 5.29. The zero-order chi connectivity index (χ0) is 9.97. The van der Waals surface area contributed by atoms with Gasteiger partial charge in [-0.2, -0.15) is 0 Å². The van der Waals surface area contributed by atoms with Crippen molar-refractivity contribution in [1.29, 1.82) is 0 Å². The number of likely N-dealkylation sites (tertiary alicyclic amines) is 1. The lowest BCUT2D eigenvalue weighted by Crippen LogP contribution is -2.28. The number of hydrogen-bond acceptors (Lipinski definition) is 2. The van der Waals surface area contributed by atoms with E-state index in [-0.39, 0.29) is 0 Å². The first-order chi connectivity index (χ1) is 6.75. The minimum Gasteiger partial charge on any atom is -0.326 e. The maximum absolute atomic E-state index is 5.93. The molecular formula is C12H18N2. The van der Waals surface area contributed by atoms with Gasteiger partial charge in [0.05, 0.1) is 0 Å². The summed E-state index contributed by atoms with van der Waals surface area (Å²) in [6.07, 6.45) is 1.13. The fraction of sp³-hybridized carbons (Fsp3) is 0.500. The number of nitrogens with two attached hydrogens (primary N) is 1. The van der Waals surface area contributed by atoms with E-state index in [1.807, 2.05) is 0 Å². The predicted octanol–water partition coefficient (Wildman–Crippen LogP) is 1.61. The summed E-state index contributed by atoms with van der Waals surface area (Å²) in [6.45, 7) is 4.33. The normalized spacial score (nSPS) is 28.1. The van der Waals surface area contributed by atoms with Gasteiger partial charge in [0.15, 0.2) is 0 Å². The van der Waals surface area contributed by atoms with Crippen LogP contribution in [-0.2, 0) is 6.54 Å². The second-order valence-electron chi connectivity index (χ2n) is 4.26. The Kier molecular flexibility index (Phi) is 2.85. The van der Waals surface area contributed by atoms with Crippen LogP contribution in [0.25, 0.3) is 0 Å². The molecule has 0 aromatic heterocycles. The van der Waals surface area contributed by atoms with Crippen LogP contribution in [0.1, 0.15) is 18.9 Å². The van der Waals surface area contributed by atoms with Crippen LogP contribution in [0, 0.1) is 0 Å². The molecule has 1 aliphatic heterocycles. The standard InChI is InChI=1S/C12H18N2/c1-10-7-12(13)9-14(10)8-11-5-3-2-4-6-11/h2-6,10,12H,7-9,13H2,1H3/t10-,12-/m1/s1. The molecule has 76 valence electrons. The lowest BCUT2D eigenvalue weighted by Gasteiger charge is -2.20. The molecule has 1 fully saturated rings. The van der Waals surface area contributed by atoms with Crippen LogP contribution in [0.3, 0.4) is 0 Å². The summed E-state index contributed by atoms with van der Waals surface area (Å²) < 4.78 is 0. The van der Waals surface area contributed by atoms with Crippen molar-refractivity contribution in [3.05, 3.63) is 35.9 Å². The summed E-state index contributed by atoms with van der Waals surface area (Å²) in [6, 6.07) is 11.6. The Morgan fingerprint density at radius 1 is 1.36 bits per heavy atom. The Morgan fingerprint density at radius 3 is 2.64 bits per heavy atom. The molecule has 0 unspecified atom stereocenters. The van der Waals surface area contributed by atoms with Gasteiger partial charge in [0.1, 0.15) is 0 Å². The summed E-state index contributed by atoms with van der Waals surface area (Å²) in [5, 5.41) is 0. The van der Waals surface area contributed by atoms with E-state index < -0.39 is 0 Å². The highest BCUT2D eigenvalue weighted by atomic mass is 15.2. The molecule has 1 aliphatic rings. The molecule has 1 aromatic carbocycles. The van der Waals surface area contributed by atoms with Gasteiger partial charge < -0.3 is 5.73 Å². The Morgan fingerprint density at radius 2 is 2.07 bits per heavy atom. The van der Waals surface area contributed by atoms with Crippen molar-refractivity contribution in [3.63, 3.8) is 0 Å². The van der Waals surface area contributed by atoms with Gasteiger partial charge in [0, 0.05) is 25.2 Å². The smallest absolute Gasteiger partial charge is 0.0237 e. The Labute approximate surface area is 85.7 Å². The monoisotopic (exact) mass is 190 g/mol. The van der Waals surface area contributed by atoms with Crippen molar-refractivity contribution in [2.24, 2.45) is 5.73 Å². The van der Waals surface area contributed by atoms with Gasteiger partial charge in [-0.15, -0.1) is 0 Å². The number of benzene rings is 1. The van der Waals surface area contributed by atoms with Crippen molar-refractivity contribution in [2.45, 2.75) is 32.0 Å². The summed E-state index contributed by atoms with van der Waals surface area (Å²) in [5.41, 5.74) is 7.31. The average Bonchev–Trinajstić information content (AvgIpc) is 2.47. The summed E-state index contributed by atoms with van der Waals surface area (Å²) in [5.74, 6) is 0. The van der Waals surface area contributed by atoms with Crippen molar-refractivity contribution in [2.75, 3.05) is 6.54 Å². The molecule has 0 amide bonds. The van der Waals surface area contributed by atoms with Crippen LogP contribution >= 0.6 is 0 Å². The Balaban J connectivity index is 1.98. The van der Waals surface area contributed by atoms with Crippen LogP contribution in [-0.4, -0.2) is 23.5 Å². The maximum atomic E-state index is 5.93. The SMILES string of the molecule is C[C@@H]1C[C@@H](N)CN1Cc1ccccc1. The summed E-state index contributed by atoms with van der Waals surface area (Å²) in [4.78, 5) is 2.46. The third kappa shape index (κ3) is 2.14. The Bertz CT molecular complexity index is 284. The van der Waals surface area contributed by atoms with Crippen LogP contribution in [0.2, 0.25) is 0 Å². The minimum absolute atomic E-state index is 0.369. The van der Waals surface area contributed by atoms with Gasteiger partial charge >= 0.3 is 0 Å². The average molecular weight is 190 g/mol. The largest absolute Gasteiger partial charge is 0.326 e. The molecule has 1 saturated heterocycles. The first kappa shape index (κ1) is 9.69. The van der Waals surface area contributed by atoms with Crippen LogP contribution in [0.4, 0.5) is 0 Å².